The van der Waals surface area contributed by atoms with E-state index in [0.717, 1.165) is 41.1 Å². The van der Waals surface area contributed by atoms with Crippen molar-refractivity contribution in [2.75, 3.05) is 0 Å². The molecule has 40 heavy (non-hydrogen) atoms. The molecule has 1 atom stereocenters. The first kappa shape index (κ1) is 24.1. The zero-order chi connectivity index (χ0) is 26.7. The van der Waals surface area contributed by atoms with Gasteiger partial charge in [0.05, 0.1) is 6.04 Å². The van der Waals surface area contributed by atoms with Gasteiger partial charge in [0.1, 0.15) is 5.84 Å². The second-order valence-electron chi connectivity index (χ2n) is 10.3. The summed E-state index contributed by atoms with van der Waals surface area (Å²) in [4.78, 5) is 9.55. The summed E-state index contributed by atoms with van der Waals surface area (Å²) in [6, 6.07) is 36.7. The van der Waals surface area contributed by atoms with E-state index in [1.807, 2.05) is 18.5 Å². The van der Waals surface area contributed by atoms with Crippen LogP contribution < -0.4 is 5.32 Å². The third-order valence-corrected chi connectivity index (χ3v) is 7.64. The number of allylic oxidation sites excluding steroid dienone is 3. The Bertz CT molecular complexity index is 1830. The van der Waals surface area contributed by atoms with E-state index >= 15 is 0 Å². The largest absolute Gasteiger partial charge is 0.340 e. The van der Waals surface area contributed by atoms with E-state index in [1.54, 1.807) is 0 Å². The van der Waals surface area contributed by atoms with Gasteiger partial charge in [0, 0.05) is 23.7 Å². The van der Waals surface area contributed by atoms with Gasteiger partial charge in [0.15, 0.2) is 0 Å². The maximum absolute atomic E-state index is 5.23. The molecule has 5 aromatic rings. The number of pyridine rings is 1. The highest BCUT2D eigenvalue weighted by Crippen LogP contribution is 2.33. The van der Waals surface area contributed by atoms with Gasteiger partial charge in [-0.05, 0) is 87.3 Å². The Labute approximate surface area is 235 Å². The second-order valence-corrected chi connectivity index (χ2v) is 10.3. The van der Waals surface area contributed by atoms with Gasteiger partial charge in [0.25, 0.3) is 0 Å². The van der Waals surface area contributed by atoms with Crippen LogP contribution in [-0.4, -0.2) is 10.8 Å². The monoisotopic (exact) mass is 515 g/mol. The van der Waals surface area contributed by atoms with Crippen LogP contribution in [0.1, 0.15) is 30.0 Å². The fourth-order valence-corrected chi connectivity index (χ4v) is 5.51. The summed E-state index contributed by atoms with van der Waals surface area (Å²) in [6.07, 6.45) is 14.5. The number of rotatable bonds is 5. The molecule has 3 nitrogen and oxygen atoms in total. The summed E-state index contributed by atoms with van der Waals surface area (Å²) in [5.41, 5.74) is 9.30. The van der Waals surface area contributed by atoms with Crippen molar-refractivity contribution >= 4 is 22.3 Å². The smallest absolute Gasteiger partial charge is 0.129 e. The number of aliphatic imine (C=N–C) groups is 1. The molecule has 0 bridgehead atoms. The van der Waals surface area contributed by atoms with Crippen LogP contribution in [0.25, 0.3) is 38.7 Å². The lowest BCUT2D eigenvalue weighted by Crippen LogP contribution is -2.28. The maximum Gasteiger partial charge on any atom is 0.129 e. The number of nitrogens with one attached hydrogen (secondary N) is 1. The van der Waals surface area contributed by atoms with Crippen LogP contribution in [0, 0.1) is 0 Å². The minimum Gasteiger partial charge on any atom is -0.340 e. The van der Waals surface area contributed by atoms with Crippen LogP contribution in [0.15, 0.2) is 150 Å². The van der Waals surface area contributed by atoms with Crippen molar-refractivity contribution in [2.45, 2.75) is 18.9 Å². The van der Waals surface area contributed by atoms with E-state index in [0.29, 0.717) is 0 Å². The van der Waals surface area contributed by atoms with Crippen molar-refractivity contribution in [3.05, 3.63) is 157 Å². The molecule has 2 heterocycles. The van der Waals surface area contributed by atoms with E-state index in [-0.39, 0.29) is 6.04 Å². The van der Waals surface area contributed by atoms with Crippen molar-refractivity contribution in [2.24, 2.45) is 4.99 Å². The van der Waals surface area contributed by atoms with Crippen LogP contribution in [0.5, 0.6) is 0 Å². The molecule has 3 heteroatoms. The molecule has 0 radical (unpaired) electrons. The normalized spacial score (nSPS) is 16.6. The standard InChI is InChI=1S/C37H29N3/c1-2-10-27(11-3-1)37-39-35(24-36(40-37)33-16-7-14-30(23-33)34-17-8-20-38-25-34)32-15-6-13-29(22-32)31-19-18-26-9-4-5-12-28(26)21-31/h1-2,4-10,12-25,35H,3,11H2,(H,39,40). The van der Waals surface area contributed by atoms with E-state index in [9.17, 15) is 0 Å². The van der Waals surface area contributed by atoms with Crippen LogP contribution >= 0.6 is 0 Å². The van der Waals surface area contributed by atoms with Crippen molar-refractivity contribution in [1.29, 1.82) is 0 Å². The maximum atomic E-state index is 5.23. The molecule has 0 amide bonds. The SMILES string of the molecule is C1=CCCC(C2=NC(c3cccc(-c4ccc5ccccc5c4)c3)C=C(c3cccc(-c4cccnc4)c3)N2)=C1. The molecule has 1 unspecified atom stereocenters. The van der Waals surface area contributed by atoms with Gasteiger partial charge in [0.2, 0.25) is 0 Å². The zero-order valence-electron chi connectivity index (χ0n) is 22.2. The van der Waals surface area contributed by atoms with Crippen LogP contribution in [0.3, 0.4) is 0 Å². The molecule has 1 N–H and O–H groups in total. The minimum absolute atomic E-state index is 0.0967. The predicted molar refractivity (Wildman–Crippen MR) is 167 cm³/mol. The highest BCUT2D eigenvalue weighted by Gasteiger charge is 2.21. The molecular formula is C37H29N3. The highest BCUT2D eigenvalue weighted by molar-refractivity contribution is 6.05. The number of hydrogen-bond acceptors (Lipinski definition) is 3. The molecule has 0 saturated carbocycles. The average Bonchev–Trinajstić information content (AvgIpc) is 3.05. The number of benzene rings is 4. The Hall–Kier alpha value is -5.02. The van der Waals surface area contributed by atoms with Crippen molar-refractivity contribution in [1.82, 2.24) is 10.3 Å². The molecule has 1 aromatic heterocycles. The molecule has 1 aliphatic heterocycles. The fraction of sp³-hybridized carbons (Fsp3) is 0.0811. The number of fused-ring (bicyclic) bond motifs is 1. The van der Waals surface area contributed by atoms with Crippen LogP contribution in [0.2, 0.25) is 0 Å². The van der Waals surface area contributed by atoms with Gasteiger partial charge in [-0.25, -0.2) is 0 Å². The topological polar surface area (TPSA) is 37.3 Å². The average molecular weight is 516 g/mol. The first-order valence-corrected chi connectivity index (χ1v) is 13.8. The van der Waals surface area contributed by atoms with Gasteiger partial charge < -0.3 is 5.32 Å². The Kier molecular flexibility index (Phi) is 6.39. The molecule has 0 saturated heterocycles. The van der Waals surface area contributed by atoms with E-state index < -0.39 is 0 Å². The van der Waals surface area contributed by atoms with Crippen molar-refractivity contribution in [3.8, 4) is 22.3 Å². The molecule has 0 spiro atoms. The third kappa shape index (κ3) is 4.90. The Morgan fingerprint density at radius 3 is 2.33 bits per heavy atom. The lowest BCUT2D eigenvalue weighted by molar-refractivity contribution is 0.869. The van der Waals surface area contributed by atoms with Crippen molar-refractivity contribution < 1.29 is 0 Å². The van der Waals surface area contributed by atoms with Crippen LogP contribution in [-0.2, 0) is 0 Å². The molecule has 1 aliphatic carbocycles. The van der Waals surface area contributed by atoms with Gasteiger partial charge in [-0.15, -0.1) is 0 Å². The number of amidine groups is 1. The van der Waals surface area contributed by atoms with E-state index in [4.69, 9.17) is 4.99 Å². The highest BCUT2D eigenvalue weighted by atomic mass is 15.0. The van der Waals surface area contributed by atoms with E-state index in [2.05, 4.69) is 132 Å². The first-order chi connectivity index (χ1) is 19.8. The molecule has 2 aliphatic rings. The van der Waals surface area contributed by atoms with E-state index in [1.165, 1.54) is 33.0 Å². The Morgan fingerprint density at radius 2 is 1.48 bits per heavy atom. The van der Waals surface area contributed by atoms with Gasteiger partial charge in [-0.2, -0.15) is 0 Å². The van der Waals surface area contributed by atoms with Crippen LogP contribution in [0.4, 0.5) is 0 Å². The summed E-state index contributed by atoms with van der Waals surface area (Å²) >= 11 is 0. The van der Waals surface area contributed by atoms with Gasteiger partial charge >= 0.3 is 0 Å². The predicted octanol–water partition coefficient (Wildman–Crippen LogP) is 8.93. The summed E-state index contributed by atoms with van der Waals surface area (Å²) < 4.78 is 0. The Balaban J connectivity index is 1.29. The third-order valence-electron chi connectivity index (χ3n) is 7.64. The summed E-state index contributed by atoms with van der Waals surface area (Å²) in [7, 11) is 0. The first-order valence-electron chi connectivity index (χ1n) is 13.8. The Morgan fingerprint density at radius 1 is 0.675 bits per heavy atom. The fourth-order valence-electron chi connectivity index (χ4n) is 5.51. The summed E-state index contributed by atoms with van der Waals surface area (Å²) in [5.74, 6) is 0.953. The molecule has 7 rings (SSSR count). The number of nitrogens with zero attached hydrogens (tertiary/aromatic N) is 2. The summed E-state index contributed by atoms with van der Waals surface area (Å²) in [5, 5.41) is 6.18. The number of hydrogen-bond donors (Lipinski definition) is 1. The van der Waals surface area contributed by atoms with Crippen molar-refractivity contribution in [3.63, 3.8) is 0 Å². The van der Waals surface area contributed by atoms with Gasteiger partial charge in [-0.1, -0.05) is 97.1 Å². The van der Waals surface area contributed by atoms with Gasteiger partial charge in [-0.3, -0.25) is 9.98 Å². The number of aromatic nitrogens is 1. The molecule has 192 valence electrons. The molecule has 4 aromatic carbocycles. The molecule has 0 fully saturated rings. The molecular weight excluding hydrogens is 486 g/mol. The second kappa shape index (κ2) is 10.6. The summed E-state index contributed by atoms with van der Waals surface area (Å²) in [6.45, 7) is 0. The lowest BCUT2D eigenvalue weighted by atomic mass is 9.94. The minimum atomic E-state index is -0.0967. The lowest BCUT2D eigenvalue weighted by Gasteiger charge is -2.25. The zero-order valence-corrected chi connectivity index (χ0v) is 22.2. The quantitative estimate of drug-likeness (QED) is 0.254.